The fourth-order valence-electron chi connectivity index (χ4n) is 1.39. The van der Waals surface area contributed by atoms with Crippen LogP contribution in [0.15, 0.2) is 29.2 Å². The average molecular weight is 300 g/mol. The second-order valence-corrected chi connectivity index (χ2v) is 6.28. The van der Waals surface area contributed by atoms with Crippen LogP contribution in [-0.2, 0) is 14.8 Å². The predicted molar refractivity (Wildman–Crippen MR) is 76.0 cm³/mol. The lowest BCUT2D eigenvalue weighted by atomic mass is 10.2. The van der Waals surface area contributed by atoms with Crippen molar-refractivity contribution in [1.82, 2.24) is 10.0 Å². The van der Waals surface area contributed by atoms with Crippen LogP contribution in [0.1, 0.15) is 19.4 Å². The van der Waals surface area contributed by atoms with Crippen LogP contribution < -0.4 is 10.0 Å². The molecule has 0 saturated heterocycles. The van der Waals surface area contributed by atoms with Crippen molar-refractivity contribution in [3.8, 4) is 0 Å². The van der Waals surface area contributed by atoms with Crippen LogP contribution in [0, 0.1) is 6.92 Å². The molecule has 0 saturated carbocycles. The van der Waals surface area contributed by atoms with Gasteiger partial charge in [0.2, 0.25) is 0 Å². The summed E-state index contributed by atoms with van der Waals surface area (Å²) in [4.78, 5) is 11.5. The first kappa shape index (κ1) is 16.5. The maximum Gasteiger partial charge on any atom is 0.328 e. The fraction of sp³-hybridized carbons (Fsp3) is 0.462. The van der Waals surface area contributed by atoms with Gasteiger partial charge in [-0.15, -0.1) is 0 Å². The topological polar surface area (TPSA) is 84.5 Å². The number of nitrogens with one attached hydrogen (secondary N) is 2. The molecule has 112 valence electrons. The van der Waals surface area contributed by atoms with Gasteiger partial charge in [-0.25, -0.2) is 17.9 Å². The Morgan fingerprint density at radius 1 is 1.25 bits per heavy atom. The highest BCUT2D eigenvalue weighted by Crippen LogP contribution is 2.09. The third-order valence-electron chi connectivity index (χ3n) is 2.40. The van der Waals surface area contributed by atoms with Crippen molar-refractivity contribution in [2.24, 2.45) is 0 Å². The van der Waals surface area contributed by atoms with Crippen molar-refractivity contribution >= 4 is 16.1 Å². The number of benzene rings is 1. The van der Waals surface area contributed by atoms with E-state index in [1.54, 1.807) is 12.1 Å². The van der Waals surface area contributed by atoms with Crippen LogP contribution in [0.3, 0.4) is 0 Å². The molecule has 1 aromatic rings. The van der Waals surface area contributed by atoms with Crippen molar-refractivity contribution in [1.29, 1.82) is 0 Å². The molecule has 0 bridgehead atoms. The maximum atomic E-state index is 11.9. The van der Waals surface area contributed by atoms with Crippen LogP contribution in [0.25, 0.3) is 0 Å². The second-order valence-electron chi connectivity index (χ2n) is 4.59. The normalized spacial score (nSPS) is 11.4. The molecule has 2 amide bonds. The summed E-state index contributed by atoms with van der Waals surface area (Å²) in [6.45, 7) is 6.18. The molecule has 1 rings (SSSR count). The fourth-order valence-corrected chi connectivity index (χ4v) is 2.32. The van der Waals surface area contributed by atoms with E-state index in [2.05, 4.69) is 5.32 Å². The number of amides is 2. The average Bonchev–Trinajstić information content (AvgIpc) is 2.34. The zero-order chi connectivity index (χ0) is 15.2. The van der Waals surface area contributed by atoms with Crippen molar-refractivity contribution in [2.75, 3.05) is 13.2 Å². The lowest BCUT2D eigenvalue weighted by Crippen LogP contribution is -2.40. The number of hydrogen-bond donors (Lipinski definition) is 2. The van der Waals surface area contributed by atoms with Gasteiger partial charge in [-0.3, -0.25) is 0 Å². The van der Waals surface area contributed by atoms with Gasteiger partial charge in [0.1, 0.15) is 0 Å². The molecule has 0 aromatic heterocycles. The molecule has 0 aliphatic rings. The molecule has 0 fully saturated rings. The van der Waals surface area contributed by atoms with Gasteiger partial charge in [0.15, 0.2) is 0 Å². The number of aryl methyl sites for hydroxylation is 1. The van der Waals surface area contributed by atoms with Crippen LogP contribution in [0.4, 0.5) is 4.79 Å². The summed E-state index contributed by atoms with van der Waals surface area (Å²) in [7, 11) is -3.83. The molecule has 0 atom stereocenters. The monoisotopic (exact) mass is 300 g/mol. The summed E-state index contributed by atoms with van der Waals surface area (Å²) in [5.41, 5.74) is 0.944. The van der Waals surface area contributed by atoms with Crippen LogP contribution in [0.5, 0.6) is 0 Å². The summed E-state index contributed by atoms with van der Waals surface area (Å²) < 4.78 is 31.0. The van der Waals surface area contributed by atoms with Crippen LogP contribution >= 0.6 is 0 Å². The van der Waals surface area contributed by atoms with Gasteiger partial charge in [-0.05, 0) is 32.9 Å². The highest BCUT2D eigenvalue weighted by Gasteiger charge is 2.16. The van der Waals surface area contributed by atoms with E-state index in [4.69, 9.17) is 4.74 Å². The van der Waals surface area contributed by atoms with Gasteiger partial charge in [-0.2, -0.15) is 0 Å². The van der Waals surface area contributed by atoms with E-state index in [0.717, 1.165) is 5.56 Å². The number of carbonyl (C=O) groups is 1. The van der Waals surface area contributed by atoms with E-state index >= 15 is 0 Å². The van der Waals surface area contributed by atoms with Gasteiger partial charge in [0.05, 0.1) is 17.6 Å². The van der Waals surface area contributed by atoms with E-state index in [1.165, 1.54) is 12.1 Å². The Hall–Kier alpha value is -1.60. The van der Waals surface area contributed by atoms with E-state index < -0.39 is 16.1 Å². The predicted octanol–water partition coefficient (Wildman–Crippen LogP) is 1.41. The third kappa shape index (κ3) is 5.58. The van der Waals surface area contributed by atoms with E-state index in [0.29, 0.717) is 6.61 Å². The number of carbonyl (C=O) groups excluding carboxylic acids is 1. The van der Waals surface area contributed by atoms with Gasteiger partial charge in [0.25, 0.3) is 10.0 Å². The Morgan fingerprint density at radius 2 is 1.85 bits per heavy atom. The lowest BCUT2D eigenvalue weighted by Gasteiger charge is -2.10. The third-order valence-corrected chi connectivity index (χ3v) is 3.74. The molecule has 2 N–H and O–H groups in total. The Labute approximate surface area is 119 Å². The van der Waals surface area contributed by atoms with E-state index in [-0.39, 0.29) is 17.5 Å². The zero-order valence-corrected chi connectivity index (χ0v) is 12.7. The number of rotatable bonds is 6. The zero-order valence-electron chi connectivity index (χ0n) is 11.8. The maximum absolute atomic E-state index is 11.9. The van der Waals surface area contributed by atoms with Crippen LogP contribution in [-0.4, -0.2) is 33.7 Å². The molecular weight excluding hydrogens is 280 g/mol. The smallest absolute Gasteiger partial charge is 0.328 e. The molecule has 0 aliphatic carbocycles. The Kier molecular flexibility index (Phi) is 5.97. The first-order valence-corrected chi connectivity index (χ1v) is 7.78. The van der Waals surface area contributed by atoms with Crippen molar-refractivity contribution in [3.63, 3.8) is 0 Å². The minimum Gasteiger partial charge on any atom is -0.377 e. The standard InChI is InChI=1S/C13H20N2O4S/c1-10(2)19-9-8-14-13(16)15-20(17,18)12-6-4-11(3)5-7-12/h4-7,10H,8-9H2,1-3H3,(H2,14,15,16). The van der Waals surface area contributed by atoms with Gasteiger partial charge < -0.3 is 10.1 Å². The molecule has 0 spiro atoms. The molecule has 6 nitrogen and oxygen atoms in total. The Balaban J connectivity index is 2.50. The highest BCUT2D eigenvalue weighted by atomic mass is 32.2. The highest BCUT2D eigenvalue weighted by molar-refractivity contribution is 7.90. The first-order chi connectivity index (χ1) is 9.31. The minimum absolute atomic E-state index is 0.0525. The quantitative estimate of drug-likeness (QED) is 0.778. The molecule has 1 aromatic carbocycles. The molecule has 7 heteroatoms. The summed E-state index contributed by atoms with van der Waals surface area (Å²) in [5, 5.41) is 2.42. The number of hydrogen-bond acceptors (Lipinski definition) is 4. The molecule has 20 heavy (non-hydrogen) atoms. The lowest BCUT2D eigenvalue weighted by molar-refractivity contribution is 0.0819. The largest absolute Gasteiger partial charge is 0.377 e. The number of sulfonamides is 1. The van der Waals surface area contributed by atoms with Gasteiger partial charge >= 0.3 is 6.03 Å². The first-order valence-electron chi connectivity index (χ1n) is 6.30. The van der Waals surface area contributed by atoms with Gasteiger partial charge in [0, 0.05) is 6.54 Å². The van der Waals surface area contributed by atoms with Crippen molar-refractivity contribution in [3.05, 3.63) is 29.8 Å². The summed E-state index contributed by atoms with van der Waals surface area (Å²) >= 11 is 0. The molecule has 0 aliphatic heterocycles. The molecular formula is C13H20N2O4S. The SMILES string of the molecule is Cc1ccc(S(=O)(=O)NC(=O)NCCOC(C)C)cc1. The van der Waals surface area contributed by atoms with Crippen molar-refractivity contribution < 1.29 is 17.9 Å². The second kappa shape index (κ2) is 7.25. The van der Waals surface area contributed by atoms with E-state index in [9.17, 15) is 13.2 Å². The summed E-state index contributed by atoms with van der Waals surface area (Å²) in [5.74, 6) is 0. The summed E-state index contributed by atoms with van der Waals surface area (Å²) in [6.07, 6.45) is 0.0659. The molecule has 0 radical (unpaired) electrons. The number of urea groups is 1. The molecule has 0 unspecified atom stereocenters. The minimum atomic E-state index is -3.83. The Bertz CT molecular complexity index is 538. The summed E-state index contributed by atoms with van der Waals surface area (Å²) in [6, 6.07) is 5.48. The van der Waals surface area contributed by atoms with Crippen LogP contribution in [0.2, 0.25) is 0 Å². The number of ether oxygens (including phenoxy) is 1. The Morgan fingerprint density at radius 3 is 2.40 bits per heavy atom. The van der Waals surface area contributed by atoms with Gasteiger partial charge in [-0.1, -0.05) is 17.7 Å². The van der Waals surface area contributed by atoms with E-state index in [1.807, 2.05) is 25.5 Å². The molecule has 0 heterocycles. The van der Waals surface area contributed by atoms with Crippen molar-refractivity contribution in [2.45, 2.75) is 31.8 Å².